The van der Waals surface area contributed by atoms with E-state index in [0.29, 0.717) is 6.54 Å². The lowest BCUT2D eigenvalue weighted by atomic mass is 10.1. The van der Waals surface area contributed by atoms with Crippen LogP contribution in [0.3, 0.4) is 0 Å². The standard InChI is InChI=1S/C10H22N2O3S.ClH/c1-8(15-2)7-16(13,14)12-10-5-3-4-9(10)6-11;/h8-10,12H,3-7,11H2,1-2H3;1H. The summed E-state index contributed by atoms with van der Waals surface area (Å²) in [5.41, 5.74) is 5.61. The number of nitrogens with one attached hydrogen (secondary N) is 1. The fourth-order valence-electron chi connectivity index (χ4n) is 2.13. The quantitative estimate of drug-likeness (QED) is 0.745. The van der Waals surface area contributed by atoms with E-state index < -0.39 is 10.0 Å². The molecule has 1 aliphatic carbocycles. The lowest BCUT2D eigenvalue weighted by Gasteiger charge is -2.20. The minimum atomic E-state index is -3.25. The predicted octanol–water partition coefficient (Wildman–Crippen LogP) is 0.490. The Morgan fingerprint density at radius 1 is 1.47 bits per heavy atom. The summed E-state index contributed by atoms with van der Waals surface area (Å²) in [7, 11) is -1.74. The van der Waals surface area contributed by atoms with Gasteiger partial charge in [0.2, 0.25) is 10.0 Å². The number of nitrogens with two attached hydrogens (primary N) is 1. The Labute approximate surface area is 110 Å². The van der Waals surface area contributed by atoms with Gasteiger partial charge in [0.25, 0.3) is 0 Å². The molecule has 1 fully saturated rings. The molecule has 0 aromatic carbocycles. The number of rotatable bonds is 6. The molecule has 104 valence electrons. The first-order valence-corrected chi connectivity index (χ1v) is 7.36. The summed E-state index contributed by atoms with van der Waals surface area (Å²) < 4.78 is 31.3. The van der Waals surface area contributed by atoms with Crippen LogP contribution in [0.25, 0.3) is 0 Å². The molecule has 1 aliphatic rings. The van der Waals surface area contributed by atoms with Crippen molar-refractivity contribution in [2.75, 3.05) is 19.4 Å². The molecular weight excluding hydrogens is 264 g/mol. The number of hydrogen-bond acceptors (Lipinski definition) is 4. The van der Waals surface area contributed by atoms with Gasteiger partial charge in [-0.25, -0.2) is 13.1 Å². The third kappa shape index (κ3) is 5.52. The minimum absolute atomic E-state index is 0. The zero-order valence-corrected chi connectivity index (χ0v) is 12.0. The van der Waals surface area contributed by atoms with Crippen molar-refractivity contribution in [3.63, 3.8) is 0 Å². The zero-order valence-electron chi connectivity index (χ0n) is 10.4. The molecule has 5 nitrogen and oxygen atoms in total. The van der Waals surface area contributed by atoms with Crippen LogP contribution >= 0.6 is 12.4 Å². The highest BCUT2D eigenvalue weighted by Gasteiger charge is 2.30. The second-order valence-electron chi connectivity index (χ2n) is 4.48. The average molecular weight is 287 g/mol. The molecule has 0 saturated heterocycles. The number of hydrogen-bond donors (Lipinski definition) is 2. The Kier molecular flexibility index (Phi) is 7.58. The number of sulfonamides is 1. The molecule has 3 unspecified atom stereocenters. The third-order valence-corrected chi connectivity index (χ3v) is 4.72. The number of ether oxygens (including phenoxy) is 1. The van der Waals surface area contributed by atoms with Gasteiger partial charge in [0.1, 0.15) is 0 Å². The first-order valence-electron chi connectivity index (χ1n) is 5.71. The van der Waals surface area contributed by atoms with E-state index in [4.69, 9.17) is 10.5 Å². The van der Waals surface area contributed by atoms with Crippen LogP contribution in [0, 0.1) is 5.92 Å². The fourth-order valence-corrected chi connectivity index (χ4v) is 3.75. The van der Waals surface area contributed by atoms with Crippen LogP contribution < -0.4 is 10.5 Å². The molecular formula is C10H23ClN2O3S. The molecule has 3 atom stereocenters. The summed E-state index contributed by atoms with van der Waals surface area (Å²) in [5.74, 6) is 0.296. The van der Waals surface area contributed by atoms with Crippen molar-refractivity contribution in [1.82, 2.24) is 4.72 Å². The highest BCUT2D eigenvalue weighted by molar-refractivity contribution is 7.89. The van der Waals surface area contributed by atoms with Gasteiger partial charge in [-0.05, 0) is 32.2 Å². The largest absolute Gasteiger partial charge is 0.381 e. The molecule has 1 saturated carbocycles. The maximum Gasteiger partial charge on any atom is 0.214 e. The van der Waals surface area contributed by atoms with Crippen molar-refractivity contribution in [3.05, 3.63) is 0 Å². The van der Waals surface area contributed by atoms with Gasteiger partial charge in [-0.3, -0.25) is 0 Å². The van der Waals surface area contributed by atoms with E-state index in [1.165, 1.54) is 7.11 Å². The summed E-state index contributed by atoms with van der Waals surface area (Å²) in [6, 6.07) is 0.0130. The van der Waals surface area contributed by atoms with Gasteiger partial charge in [-0.2, -0.15) is 0 Å². The molecule has 1 rings (SSSR count). The van der Waals surface area contributed by atoms with Gasteiger partial charge in [0, 0.05) is 13.2 Å². The molecule has 0 bridgehead atoms. The number of methoxy groups -OCH3 is 1. The van der Waals surface area contributed by atoms with E-state index in [1.54, 1.807) is 6.92 Å². The van der Waals surface area contributed by atoms with Crippen LogP contribution in [0.2, 0.25) is 0 Å². The lowest BCUT2D eigenvalue weighted by molar-refractivity contribution is 0.136. The van der Waals surface area contributed by atoms with E-state index in [-0.39, 0.29) is 36.2 Å². The molecule has 3 N–H and O–H groups in total. The summed E-state index contributed by atoms with van der Waals surface area (Å²) in [6.45, 7) is 2.29. The van der Waals surface area contributed by atoms with Gasteiger partial charge in [-0.1, -0.05) is 6.42 Å². The molecule has 0 heterocycles. The van der Waals surface area contributed by atoms with Crippen molar-refractivity contribution in [1.29, 1.82) is 0 Å². The Balaban J connectivity index is 0.00000256. The highest BCUT2D eigenvalue weighted by atomic mass is 35.5. The van der Waals surface area contributed by atoms with Gasteiger partial charge in [-0.15, -0.1) is 12.4 Å². The first-order chi connectivity index (χ1) is 7.48. The summed E-state index contributed by atoms with van der Waals surface area (Å²) in [6.07, 6.45) is 2.68. The average Bonchev–Trinajstić information content (AvgIpc) is 2.63. The van der Waals surface area contributed by atoms with Gasteiger partial charge in [0.05, 0.1) is 11.9 Å². The van der Waals surface area contributed by atoms with Crippen molar-refractivity contribution in [2.24, 2.45) is 11.7 Å². The smallest absolute Gasteiger partial charge is 0.214 e. The first kappa shape index (κ1) is 17.1. The Morgan fingerprint density at radius 2 is 2.12 bits per heavy atom. The van der Waals surface area contributed by atoms with Crippen LogP contribution in [0.4, 0.5) is 0 Å². The molecule has 17 heavy (non-hydrogen) atoms. The van der Waals surface area contributed by atoms with E-state index in [9.17, 15) is 8.42 Å². The van der Waals surface area contributed by atoms with Gasteiger partial charge < -0.3 is 10.5 Å². The van der Waals surface area contributed by atoms with Crippen molar-refractivity contribution in [3.8, 4) is 0 Å². The molecule has 0 spiro atoms. The second kappa shape index (κ2) is 7.53. The fraction of sp³-hybridized carbons (Fsp3) is 1.00. The molecule has 0 aromatic heterocycles. The number of halogens is 1. The van der Waals surface area contributed by atoms with E-state index in [2.05, 4.69) is 4.72 Å². The van der Waals surface area contributed by atoms with Crippen LogP contribution in [0.15, 0.2) is 0 Å². The molecule has 0 aliphatic heterocycles. The summed E-state index contributed by atoms with van der Waals surface area (Å²) in [4.78, 5) is 0. The van der Waals surface area contributed by atoms with Crippen LogP contribution in [-0.2, 0) is 14.8 Å². The molecule has 0 aromatic rings. The monoisotopic (exact) mass is 286 g/mol. The zero-order chi connectivity index (χ0) is 12.2. The predicted molar refractivity (Wildman–Crippen MR) is 70.8 cm³/mol. The maximum absolute atomic E-state index is 11.8. The Bertz CT molecular complexity index is 311. The van der Waals surface area contributed by atoms with Crippen molar-refractivity contribution >= 4 is 22.4 Å². The van der Waals surface area contributed by atoms with Crippen molar-refractivity contribution in [2.45, 2.75) is 38.3 Å². The Morgan fingerprint density at radius 3 is 2.65 bits per heavy atom. The topological polar surface area (TPSA) is 81.4 Å². The second-order valence-corrected chi connectivity index (χ2v) is 6.28. The van der Waals surface area contributed by atoms with Crippen LogP contribution in [-0.4, -0.2) is 40.0 Å². The molecule has 0 radical (unpaired) electrons. The Hall–Kier alpha value is 0.120. The van der Waals surface area contributed by atoms with E-state index in [1.807, 2.05) is 0 Å². The van der Waals surface area contributed by atoms with Gasteiger partial charge >= 0.3 is 0 Å². The van der Waals surface area contributed by atoms with Crippen LogP contribution in [0.5, 0.6) is 0 Å². The lowest BCUT2D eigenvalue weighted by Crippen LogP contribution is -2.42. The summed E-state index contributed by atoms with van der Waals surface area (Å²) >= 11 is 0. The minimum Gasteiger partial charge on any atom is -0.381 e. The SMILES string of the molecule is COC(C)CS(=O)(=O)NC1CCCC1CN.Cl. The van der Waals surface area contributed by atoms with E-state index in [0.717, 1.165) is 19.3 Å². The molecule has 7 heteroatoms. The van der Waals surface area contributed by atoms with Gasteiger partial charge in [0.15, 0.2) is 0 Å². The molecule has 0 amide bonds. The highest BCUT2D eigenvalue weighted by Crippen LogP contribution is 2.25. The normalized spacial score (nSPS) is 26.5. The summed E-state index contributed by atoms with van der Waals surface area (Å²) in [5, 5.41) is 0. The van der Waals surface area contributed by atoms with Crippen LogP contribution in [0.1, 0.15) is 26.2 Å². The maximum atomic E-state index is 11.8. The van der Waals surface area contributed by atoms with E-state index >= 15 is 0 Å². The third-order valence-electron chi connectivity index (χ3n) is 3.15. The van der Waals surface area contributed by atoms with Crippen molar-refractivity contribution < 1.29 is 13.2 Å².